The molecule has 0 aliphatic heterocycles. The van der Waals surface area contributed by atoms with Crippen molar-refractivity contribution in [2.24, 2.45) is 28.2 Å². The molecular weight excluding hydrogens is 396 g/mol. The van der Waals surface area contributed by atoms with Crippen LogP contribution in [0.15, 0.2) is 19.2 Å². The van der Waals surface area contributed by atoms with Gasteiger partial charge in [-0.15, -0.1) is 0 Å². The highest BCUT2D eigenvalue weighted by atomic mass is 16.3. The summed E-state index contributed by atoms with van der Waals surface area (Å²) in [5, 5.41) is 10.5. The van der Waals surface area contributed by atoms with Gasteiger partial charge in [0, 0.05) is 41.0 Å². The fourth-order valence-electron chi connectivity index (χ4n) is 3.46. The number of hydrogen-bond acceptors (Lipinski definition) is 7. The maximum atomic E-state index is 12.3. The van der Waals surface area contributed by atoms with Gasteiger partial charge in [0.1, 0.15) is 22.7 Å². The third kappa shape index (κ3) is 2.82. The minimum atomic E-state index is -0.951. The van der Waals surface area contributed by atoms with Crippen LogP contribution in [0, 0.1) is 0 Å². The first-order valence-electron chi connectivity index (χ1n) is 9.07. The van der Waals surface area contributed by atoms with Crippen LogP contribution in [0.25, 0.3) is 22.3 Å². The maximum Gasteiger partial charge on any atom is 0.332 e. The lowest BCUT2D eigenvalue weighted by molar-refractivity contribution is 0.171. The Balaban J connectivity index is 1.65. The molecule has 30 heavy (non-hydrogen) atoms. The third-order valence-electron chi connectivity index (χ3n) is 5.15. The number of hydrogen-bond donors (Lipinski definition) is 3. The van der Waals surface area contributed by atoms with E-state index in [2.05, 4.69) is 19.9 Å². The van der Waals surface area contributed by atoms with Gasteiger partial charge in [0.15, 0.2) is 11.3 Å². The lowest BCUT2D eigenvalue weighted by atomic mass is 10.2. The highest BCUT2D eigenvalue weighted by Gasteiger charge is 2.18. The smallest absolute Gasteiger partial charge is 0.332 e. The molecule has 0 fully saturated rings. The number of fused-ring (bicyclic) bond motifs is 2. The summed E-state index contributed by atoms with van der Waals surface area (Å²) in [7, 11) is 5.76. The van der Waals surface area contributed by atoms with E-state index in [4.69, 9.17) is 0 Å². The molecule has 0 aliphatic carbocycles. The van der Waals surface area contributed by atoms with Crippen LogP contribution in [0.1, 0.15) is 11.6 Å². The van der Waals surface area contributed by atoms with E-state index in [-0.39, 0.29) is 35.2 Å². The average Bonchev–Trinajstić information content (AvgIpc) is 3.32. The highest BCUT2D eigenvalue weighted by molar-refractivity contribution is 5.70. The van der Waals surface area contributed by atoms with Gasteiger partial charge in [0.05, 0.1) is 6.10 Å². The van der Waals surface area contributed by atoms with Gasteiger partial charge in [-0.2, -0.15) is 0 Å². The minimum absolute atomic E-state index is 0.0556. The summed E-state index contributed by atoms with van der Waals surface area (Å²) in [4.78, 5) is 62.8. The zero-order valence-corrected chi connectivity index (χ0v) is 16.8. The fraction of sp³-hybridized carbons (Fsp3) is 0.412. The average molecular weight is 416 g/mol. The number of H-pyrrole nitrogens is 2. The number of imidazole rings is 2. The number of nitrogens with zero attached hydrogens (tertiary/aromatic N) is 6. The zero-order chi connectivity index (χ0) is 21.9. The topological polar surface area (TPSA) is 166 Å². The molecule has 4 aromatic heterocycles. The van der Waals surface area contributed by atoms with Crippen LogP contribution in [-0.4, -0.2) is 49.4 Å². The summed E-state index contributed by atoms with van der Waals surface area (Å²) in [6, 6.07) is 0. The molecule has 4 heterocycles. The lowest BCUT2D eigenvalue weighted by Crippen LogP contribution is -2.36. The highest BCUT2D eigenvalue weighted by Crippen LogP contribution is 2.11. The predicted octanol–water partition coefficient (Wildman–Crippen LogP) is -2.62. The molecule has 3 N–H and O–H groups in total. The van der Waals surface area contributed by atoms with Crippen LogP contribution in [-0.2, 0) is 41.0 Å². The molecule has 0 amide bonds. The number of aliphatic hydroxyl groups excluding tert-OH is 1. The Morgan fingerprint density at radius 3 is 1.47 bits per heavy atom. The van der Waals surface area contributed by atoms with Crippen molar-refractivity contribution in [1.29, 1.82) is 0 Å². The molecule has 0 radical (unpaired) electrons. The molecule has 0 bridgehead atoms. The molecule has 0 saturated heterocycles. The summed E-state index contributed by atoms with van der Waals surface area (Å²) < 4.78 is 4.44. The molecule has 0 aliphatic rings. The molecule has 0 spiro atoms. The molecule has 0 atom stereocenters. The molecule has 13 heteroatoms. The first-order valence-corrected chi connectivity index (χ1v) is 9.07. The Morgan fingerprint density at radius 1 is 0.733 bits per heavy atom. The third-order valence-corrected chi connectivity index (χ3v) is 5.15. The maximum absolute atomic E-state index is 12.3. The van der Waals surface area contributed by atoms with Crippen LogP contribution in [0.4, 0.5) is 0 Å². The van der Waals surface area contributed by atoms with E-state index >= 15 is 0 Å². The second-order valence-corrected chi connectivity index (χ2v) is 7.24. The van der Waals surface area contributed by atoms with Crippen LogP contribution in [0.5, 0.6) is 0 Å². The SMILES string of the molecule is Cn1c(=O)c2[nH]c(CC(O)Cc3nc4c([nH]3)c(=O)n(C)c(=O)n4C)nc2n(C)c1=O. The molecular formula is C17H20N8O5. The van der Waals surface area contributed by atoms with E-state index in [0.717, 1.165) is 9.13 Å². The number of rotatable bonds is 4. The van der Waals surface area contributed by atoms with Crippen molar-refractivity contribution in [2.45, 2.75) is 18.9 Å². The van der Waals surface area contributed by atoms with E-state index in [1.807, 2.05) is 0 Å². The van der Waals surface area contributed by atoms with Crippen molar-refractivity contribution in [3.63, 3.8) is 0 Å². The standard InChI is InChI=1S/C17H20N8O5/c1-22-12-10(14(27)24(3)16(22)29)18-8(20-12)5-7(26)6-9-19-11-13(21-9)23(2)17(30)25(4)15(11)28/h7,26H,5-6H2,1-4H3,(H,18,20)(H,19,21). The van der Waals surface area contributed by atoms with Gasteiger partial charge in [-0.05, 0) is 0 Å². The van der Waals surface area contributed by atoms with Crippen molar-refractivity contribution in [3.8, 4) is 0 Å². The van der Waals surface area contributed by atoms with Crippen molar-refractivity contribution in [1.82, 2.24) is 38.2 Å². The normalized spacial score (nSPS) is 11.9. The van der Waals surface area contributed by atoms with Gasteiger partial charge in [-0.1, -0.05) is 0 Å². The van der Waals surface area contributed by atoms with Gasteiger partial charge in [0.2, 0.25) is 0 Å². The summed E-state index contributed by atoms with van der Waals surface area (Å²) >= 11 is 0. The summed E-state index contributed by atoms with van der Waals surface area (Å²) in [6.07, 6.45) is -0.840. The Bertz CT molecular complexity index is 1430. The second kappa shape index (κ2) is 6.66. The van der Waals surface area contributed by atoms with Crippen LogP contribution in [0.3, 0.4) is 0 Å². The van der Waals surface area contributed by atoms with Gasteiger partial charge >= 0.3 is 11.4 Å². The Morgan fingerprint density at radius 2 is 1.10 bits per heavy atom. The molecule has 0 unspecified atom stereocenters. The zero-order valence-electron chi connectivity index (χ0n) is 16.8. The quantitative estimate of drug-likeness (QED) is 0.327. The Hall–Kier alpha value is -3.74. The summed E-state index contributed by atoms with van der Waals surface area (Å²) in [5.74, 6) is 0.658. The number of nitrogens with one attached hydrogen (secondary N) is 2. The number of aryl methyl sites for hydroxylation is 2. The number of aromatic amines is 2. The van der Waals surface area contributed by atoms with E-state index in [9.17, 15) is 24.3 Å². The number of aliphatic hydroxyl groups is 1. The fourth-order valence-corrected chi connectivity index (χ4v) is 3.46. The molecule has 0 aromatic carbocycles. The molecule has 4 aromatic rings. The Kier molecular flexibility index (Phi) is 4.34. The van der Waals surface area contributed by atoms with Gasteiger partial charge in [-0.25, -0.2) is 19.6 Å². The van der Waals surface area contributed by atoms with Crippen LogP contribution >= 0.6 is 0 Å². The summed E-state index contributed by atoms with van der Waals surface area (Å²) in [5.41, 5.74) is -1.26. The van der Waals surface area contributed by atoms with Crippen molar-refractivity contribution in [2.75, 3.05) is 0 Å². The van der Waals surface area contributed by atoms with Gasteiger partial charge < -0.3 is 15.1 Å². The van der Waals surface area contributed by atoms with Gasteiger partial charge in [-0.3, -0.25) is 27.9 Å². The molecule has 0 saturated carbocycles. The van der Waals surface area contributed by atoms with E-state index in [1.54, 1.807) is 0 Å². The largest absolute Gasteiger partial charge is 0.392 e. The second-order valence-electron chi connectivity index (χ2n) is 7.24. The molecule has 13 nitrogen and oxygen atoms in total. The number of aromatic nitrogens is 8. The van der Waals surface area contributed by atoms with Crippen molar-refractivity contribution < 1.29 is 5.11 Å². The first-order chi connectivity index (χ1) is 14.1. The van der Waals surface area contributed by atoms with Crippen LogP contribution in [0.2, 0.25) is 0 Å². The molecule has 4 rings (SSSR count). The van der Waals surface area contributed by atoms with Crippen LogP contribution < -0.4 is 22.5 Å². The Labute approximate surface area is 166 Å². The van der Waals surface area contributed by atoms with Crippen molar-refractivity contribution in [3.05, 3.63) is 53.3 Å². The lowest BCUT2D eigenvalue weighted by Gasteiger charge is -2.06. The van der Waals surface area contributed by atoms with E-state index < -0.39 is 28.6 Å². The van der Waals surface area contributed by atoms with Gasteiger partial charge in [0.25, 0.3) is 11.1 Å². The monoisotopic (exact) mass is 416 g/mol. The molecule has 158 valence electrons. The summed E-state index contributed by atoms with van der Waals surface area (Å²) in [6.45, 7) is 0. The van der Waals surface area contributed by atoms with E-state index in [0.29, 0.717) is 11.6 Å². The van der Waals surface area contributed by atoms with E-state index in [1.165, 1.54) is 37.3 Å². The first kappa shape index (κ1) is 19.6. The predicted molar refractivity (Wildman–Crippen MR) is 107 cm³/mol. The minimum Gasteiger partial charge on any atom is -0.392 e. The van der Waals surface area contributed by atoms with Crippen molar-refractivity contribution >= 4 is 22.3 Å².